The summed E-state index contributed by atoms with van der Waals surface area (Å²) in [7, 11) is 0. The van der Waals surface area contributed by atoms with E-state index in [1.54, 1.807) is 11.8 Å². The van der Waals surface area contributed by atoms with Crippen LogP contribution in [0.4, 0.5) is 4.79 Å². The van der Waals surface area contributed by atoms with Crippen molar-refractivity contribution in [3.05, 3.63) is 0 Å². The number of urea groups is 1. The lowest BCUT2D eigenvalue weighted by molar-refractivity contribution is 0.241. The van der Waals surface area contributed by atoms with E-state index in [4.69, 9.17) is 0 Å². The number of hydrogen-bond acceptors (Lipinski definition) is 2. The summed E-state index contributed by atoms with van der Waals surface area (Å²) in [5.74, 6) is 1.10. The number of carbonyl (C=O) groups excluding carboxylic acids is 1. The predicted octanol–water partition coefficient (Wildman–Crippen LogP) is 1.06. The molecule has 0 rings (SSSR count). The maximum atomic E-state index is 10.8. The molecule has 0 aromatic heterocycles. The average Bonchev–Trinajstić information content (AvgIpc) is 1.99. The van der Waals surface area contributed by atoms with Crippen molar-refractivity contribution in [2.45, 2.75) is 13.3 Å². The Labute approximate surface area is 72.3 Å². The summed E-state index contributed by atoms with van der Waals surface area (Å²) in [4.78, 5) is 10.8. The molecule has 0 bridgehead atoms. The van der Waals surface area contributed by atoms with Crippen LogP contribution in [0.2, 0.25) is 0 Å². The lowest BCUT2D eigenvalue weighted by atomic mass is 10.5. The molecular weight excluding hydrogens is 160 g/mol. The second-order valence-electron chi connectivity index (χ2n) is 2.13. The zero-order valence-electron chi connectivity index (χ0n) is 7.14. The van der Waals surface area contributed by atoms with Gasteiger partial charge in [0, 0.05) is 13.1 Å². The first-order valence-corrected chi connectivity index (χ1v) is 5.21. The maximum Gasteiger partial charge on any atom is 0.314 e. The van der Waals surface area contributed by atoms with Crippen LogP contribution in [0.3, 0.4) is 0 Å². The number of carbonyl (C=O) groups is 1. The fourth-order valence-corrected chi connectivity index (χ4v) is 1.07. The summed E-state index contributed by atoms with van der Waals surface area (Å²) in [6.45, 7) is 3.36. The van der Waals surface area contributed by atoms with Crippen LogP contribution < -0.4 is 10.6 Å². The van der Waals surface area contributed by atoms with Crippen LogP contribution in [0, 0.1) is 0 Å². The van der Waals surface area contributed by atoms with Crippen LogP contribution in [0.5, 0.6) is 0 Å². The molecule has 0 unspecified atom stereocenters. The van der Waals surface area contributed by atoms with Gasteiger partial charge in [-0.3, -0.25) is 0 Å². The molecule has 0 aromatic rings. The van der Waals surface area contributed by atoms with Gasteiger partial charge in [-0.25, -0.2) is 4.79 Å². The third-order valence-electron chi connectivity index (χ3n) is 1.15. The van der Waals surface area contributed by atoms with Gasteiger partial charge >= 0.3 is 6.03 Å². The molecule has 0 aliphatic carbocycles. The molecule has 0 aromatic carbocycles. The van der Waals surface area contributed by atoms with Crippen LogP contribution in [0.1, 0.15) is 13.3 Å². The van der Waals surface area contributed by atoms with E-state index >= 15 is 0 Å². The molecule has 0 heterocycles. The normalized spacial score (nSPS) is 9.27. The highest BCUT2D eigenvalue weighted by atomic mass is 32.2. The summed E-state index contributed by atoms with van der Waals surface area (Å²) >= 11 is 1.79. The van der Waals surface area contributed by atoms with Crippen molar-refractivity contribution in [3.63, 3.8) is 0 Å². The van der Waals surface area contributed by atoms with E-state index in [1.807, 2.05) is 6.92 Å². The second kappa shape index (κ2) is 7.72. The summed E-state index contributed by atoms with van der Waals surface area (Å²) in [6.07, 6.45) is 3.10. The Morgan fingerprint density at radius 3 is 2.73 bits per heavy atom. The largest absolute Gasteiger partial charge is 0.338 e. The first kappa shape index (κ1) is 10.6. The second-order valence-corrected chi connectivity index (χ2v) is 3.12. The highest BCUT2D eigenvalue weighted by Gasteiger charge is 1.94. The molecule has 0 atom stereocenters. The summed E-state index contributed by atoms with van der Waals surface area (Å²) < 4.78 is 0. The molecule has 0 fully saturated rings. The molecule has 11 heavy (non-hydrogen) atoms. The zero-order chi connectivity index (χ0) is 8.53. The van der Waals surface area contributed by atoms with Crippen molar-refractivity contribution in [1.29, 1.82) is 0 Å². The average molecular weight is 176 g/mol. The standard InChI is InChI=1S/C7H16N2OS/c1-3-8-7(10)9-5-4-6-11-2/h3-6H2,1-2H3,(H2,8,9,10). The van der Waals surface area contributed by atoms with Crippen LogP contribution in [-0.4, -0.2) is 31.1 Å². The van der Waals surface area contributed by atoms with Gasteiger partial charge in [0.15, 0.2) is 0 Å². The van der Waals surface area contributed by atoms with E-state index in [2.05, 4.69) is 16.9 Å². The number of nitrogens with one attached hydrogen (secondary N) is 2. The fraction of sp³-hybridized carbons (Fsp3) is 0.857. The van der Waals surface area contributed by atoms with Crippen molar-refractivity contribution in [2.24, 2.45) is 0 Å². The molecule has 0 saturated carbocycles. The first-order valence-electron chi connectivity index (χ1n) is 3.82. The molecule has 0 radical (unpaired) electrons. The molecule has 0 spiro atoms. The number of rotatable bonds is 5. The highest BCUT2D eigenvalue weighted by molar-refractivity contribution is 7.98. The predicted molar refractivity (Wildman–Crippen MR) is 50.1 cm³/mol. The SMILES string of the molecule is CCNC(=O)NCCCSC. The van der Waals surface area contributed by atoms with Gasteiger partial charge in [-0.2, -0.15) is 11.8 Å². The Kier molecular flexibility index (Phi) is 7.46. The summed E-state index contributed by atoms with van der Waals surface area (Å²) in [5, 5.41) is 5.42. The third kappa shape index (κ3) is 7.52. The smallest absolute Gasteiger partial charge is 0.314 e. The van der Waals surface area contributed by atoms with Gasteiger partial charge in [0.05, 0.1) is 0 Å². The molecule has 3 nitrogen and oxygen atoms in total. The van der Waals surface area contributed by atoms with Crippen molar-refractivity contribution in [3.8, 4) is 0 Å². The van der Waals surface area contributed by atoms with Gasteiger partial charge < -0.3 is 10.6 Å². The van der Waals surface area contributed by atoms with Gasteiger partial charge in [-0.15, -0.1) is 0 Å². The van der Waals surface area contributed by atoms with Gasteiger partial charge in [0.2, 0.25) is 0 Å². The highest BCUT2D eigenvalue weighted by Crippen LogP contribution is 1.92. The van der Waals surface area contributed by atoms with E-state index in [0.717, 1.165) is 18.7 Å². The summed E-state index contributed by atoms with van der Waals surface area (Å²) in [5.41, 5.74) is 0. The van der Waals surface area contributed by atoms with Crippen LogP contribution in [-0.2, 0) is 0 Å². The summed E-state index contributed by atoms with van der Waals surface area (Å²) in [6, 6.07) is -0.0615. The van der Waals surface area contributed by atoms with E-state index in [0.29, 0.717) is 6.54 Å². The molecule has 0 aliphatic rings. The Hall–Kier alpha value is -0.380. The van der Waals surface area contributed by atoms with Gasteiger partial charge in [-0.05, 0) is 25.4 Å². The van der Waals surface area contributed by atoms with Crippen LogP contribution >= 0.6 is 11.8 Å². The van der Waals surface area contributed by atoms with Gasteiger partial charge in [0.25, 0.3) is 0 Å². The minimum Gasteiger partial charge on any atom is -0.338 e. The minimum atomic E-state index is -0.0615. The fourth-order valence-electron chi connectivity index (χ4n) is 0.641. The molecule has 4 heteroatoms. The molecule has 2 N–H and O–H groups in total. The van der Waals surface area contributed by atoms with Gasteiger partial charge in [-0.1, -0.05) is 0 Å². The lowest BCUT2D eigenvalue weighted by Crippen LogP contribution is -2.35. The van der Waals surface area contributed by atoms with Crippen LogP contribution in [0.15, 0.2) is 0 Å². The lowest BCUT2D eigenvalue weighted by Gasteiger charge is -2.03. The van der Waals surface area contributed by atoms with E-state index < -0.39 is 0 Å². The van der Waals surface area contributed by atoms with Gasteiger partial charge in [0.1, 0.15) is 0 Å². The quantitative estimate of drug-likeness (QED) is 0.615. The molecular formula is C7H16N2OS. The Bertz CT molecular complexity index is 109. The maximum absolute atomic E-state index is 10.8. The first-order chi connectivity index (χ1) is 5.31. The van der Waals surface area contributed by atoms with Crippen molar-refractivity contribution in [1.82, 2.24) is 10.6 Å². The Morgan fingerprint density at radius 2 is 2.18 bits per heavy atom. The molecule has 66 valence electrons. The number of thioether (sulfide) groups is 1. The Morgan fingerprint density at radius 1 is 1.45 bits per heavy atom. The molecule has 0 saturated heterocycles. The van der Waals surface area contributed by atoms with Crippen LogP contribution in [0.25, 0.3) is 0 Å². The zero-order valence-corrected chi connectivity index (χ0v) is 7.96. The third-order valence-corrected chi connectivity index (χ3v) is 1.85. The number of amides is 2. The van der Waals surface area contributed by atoms with E-state index in [1.165, 1.54) is 0 Å². The van der Waals surface area contributed by atoms with Crippen molar-refractivity contribution < 1.29 is 4.79 Å². The van der Waals surface area contributed by atoms with Crippen molar-refractivity contribution in [2.75, 3.05) is 25.1 Å². The van der Waals surface area contributed by atoms with E-state index in [-0.39, 0.29) is 6.03 Å². The van der Waals surface area contributed by atoms with Crippen molar-refractivity contribution >= 4 is 17.8 Å². The Balaban J connectivity index is 3.04. The van der Waals surface area contributed by atoms with E-state index in [9.17, 15) is 4.79 Å². The molecule has 2 amide bonds. The topological polar surface area (TPSA) is 41.1 Å². The number of hydrogen-bond donors (Lipinski definition) is 2. The molecule has 0 aliphatic heterocycles. The monoisotopic (exact) mass is 176 g/mol. The minimum absolute atomic E-state index is 0.0615.